The second-order valence-electron chi connectivity index (χ2n) is 3.83. The highest BCUT2D eigenvalue weighted by Crippen LogP contribution is 2.09. The fourth-order valence-electron chi connectivity index (χ4n) is 1.56. The number of fused-ring (bicyclic) bond motifs is 1. The zero-order chi connectivity index (χ0) is 10.1. The molecule has 0 spiro atoms. The molecule has 0 atom stereocenters. The van der Waals surface area contributed by atoms with Crippen LogP contribution in [0.25, 0.3) is 11.0 Å². The van der Waals surface area contributed by atoms with Gasteiger partial charge in [0.15, 0.2) is 0 Å². The first-order chi connectivity index (χ1) is 6.68. The maximum Gasteiger partial charge on any atom is 0.260 e. The van der Waals surface area contributed by atoms with Gasteiger partial charge in [0, 0.05) is 12.7 Å². The van der Waals surface area contributed by atoms with Crippen molar-refractivity contribution in [2.24, 2.45) is 5.92 Å². The molecule has 1 N–H and O–H groups in total. The van der Waals surface area contributed by atoms with Crippen LogP contribution in [0.4, 0.5) is 0 Å². The fourth-order valence-corrected chi connectivity index (χ4v) is 1.56. The van der Waals surface area contributed by atoms with Crippen LogP contribution in [0.5, 0.6) is 0 Å². The number of hydrogen-bond donors (Lipinski definition) is 1. The first-order valence-corrected chi connectivity index (χ1v) is 4.71. The molecule has 0 saturated carbocycles. The molecule has 0 aliphatic heterocycles. The number of nitrogens with one attached hydrogen (secondary N) is 1. The van der Waals surface area contributed by atoms with Gasteiger partial charge in [-0.15, -0.1) is 0 Å². The van der Waals surface area contributed by atoms with Crippen molar-refractivity contribution in [1.82, 2.24) is 14.5 Å². The summed E-state index contributed by atoms with van der Waals surface area (Å²) in [5, 5.41) is 0.660. The van der Waals surface area contributed by atoms with Gasteiger partial charge in [-0.3, -0.25) is 4.79 Å². The van der Waals surface area contributed by atoms with Crippen LogP contribution >= 0.6 is 0 Å². The molecule has 0 radical (unpaired) electrons. The zero-order valence-corrected chi connectivity index (χ0v) is 8.32. The molecule has 0 bridgehead atoms. The number of rotatable bonds is 2. The molecule has 4 nitrogen and oxygen atoms in total. The van der Waals surface area contributed by atoms with Crippen molar-refractivity contribution in [3.05, 3.63) is 28.9 Å². The first-order valence-electron chi connectivity index (χ1n) is 4.71. The highest BCUT2D eigenvalue weighted by Gasteiger charge is 2.05. The zero-order valence-electron chi connectivity index (χ0n) is 8.32. The Labute approximate surface area is 81.6 Å². The van der Waals surface area contributed by atoms with E-state index in [0.29, 0.717) is 11.3 Å². The minimum absolute atomic E-state index is 0.0718. The highest BCUT2D eigenvalue weighted by molar-refractivity contribution is 5.74. The lowest BCUT2D eigenvalue weighted by Crippen LogP contribution is -2.08. The van der Waals surface area contributed by atoms with Crippen LogP contribution in [0.3, 0.4) is 0 Å². The molecule has 14 heavy (non-hydrogen) atoms. The maximum absolute atomic E-state index is 11.4. The summed E-state index contributed by atoms with van der Waals surface area (Å²) < 4.78 is 2.01. The first kappa shape index (κ1) is 8.99. The summed E-state index contributed by atoms with van der Waals surface area (Å²) in [6, 6.07) is 1.81. The number of H-pyrrole nitrogens is 1. The third-order valence-corrected chi connectivity index (χ3v) is 2.12. The average Bonchev–Trinajstić information content (AvgIpc) is 2.49. The Balaban J connectivity index is 2.58. The van der Waals surface area contributed by atoms with E-state index >= 15 is 0 Å². The molecule has 0 aromatic carbocycles. The molecule has 0 fully saturated rings. The maximum atomic E-state index is 11.4. The normalized spacial score (nSPS) is 11.4. The summed E-state index contributed by atoms with van der Waals surface area (Å²) in [7, 11) is 0. The van der Waals surface area contributed by atoms with E-state index in [2.05, 4.69) is 23.8 Å². The van der Waals surface area contributed by atoms with Gasteiger partial charge >= 0.3 is 0 Å². The third kappa shape index (κ3) is 1.43. The molecule has 74 valence electrons. The smallest absolute Gasteiger partial charge is 0.260 e. The van der Waals surface area contributed by atoms with Gasteiger partial charge in [0.1, 0.15) is 5.65 Å². The highest BCUT2D eigenvalue weighted by atomic mass is 16.1. The Morgan fingerprint density at radius 2 is 2.36 bits per heavy atom. The van der Waals surface area contributed by atoms with Crippen molar-refractivity contribution in [3.8, 4) is 0 Å². The van der Waals surface area contributed by atoms with Crippen molar-refractivity contribution < 1.29 is 0 Å². The van der Waals surface area contributed by atoms with Crippen LogP contribution in [-0.2, 0) is 6.54 Å². The second kappa shape index (κ2) is 3.29. The SMILES string of the molecule is CC(C)Cn1ccc2c(=O)[nH]cnc21. The van der Waals surface area contributed by atoms with Crippen LogP contribution in [-0.4, -0.2) is 14.5 Å². The van der Waals surface area contributed by atoms with Crippen molar-refractivity contribution in [1.29, 1.82) is 0 Å². The molecule has 0 saturated heterocycles. The Kier molecular flexibility index (Phi) is 2.11. The van der Waals surface area contributed by atoms with Crippen LogP contribution in [0.2, 0.25) is 0 Å². The van der Waals surface area contributed by atoms with Gasteiger partial charge in [-0.05, 0) is 12.0 Å². The lowest BCUT2D eigenvalue weighted by Gasteiger charge is -2.06. The number of aromatic amines is 1. The van der Waals surface area contributed by atoms with Gasteiger partial charge in [0.25, 0.3) is 5.56 Å². The van der Waals surface area contributed by atoms with Gasteiger partial charge in [0.2, 0.25) is 0 Å². The summed E-state index contributed by atoms with van der Waals surface area (Å²) >= 11 is 0. The van der Waals surface area contributed by atoms with E-state index in [0.717, 1.165) is 12.2 Å². The van der Waals surface area contributed by atoms with Gasteiger partial charge in [-0.2, -0.15) is 0 Å². The van der Waals surface area contributed by atoms with Crippen LogP contribution in [0, 0.1) is 5.92 Å². The number of aromatic nitrogens is 3. The lowest BCUT2D eigenvalue weighted by molar-refractivity contribution is 0.533. The summed E-state index contributed by atoms with van der Waals surface area (Å²) in [6.45, 7) is 5.16. The van der Waals surface area contributed by atoms with Crippen molar-refractivity contribution in [2.45, 2.75) is 20.4 Å². The summed E-state index contributed by atoms with van der Waals surface area (Å²) in [5.41, 5.74) is 0.694. The quantitative estimate of drug-likeness (QED) is 0.779. The van der Waals surface area contributed by atoms with Crippen LogP contribution < -0.4 is 5.56 Å². The van der Waals surface area contributed by atoms with E-state index < -0.39 is 0 Å². The van der Waals surface area contributed by atoms with Crippen LogP contribution in [0.15, 0.2) is 23.4 Å². The predicted octanol–water partition coefficient (Wildman–Crippen LogP) is 1.38. The Bertz CT molecular complexity index is 495. The molecule has 2 aromatic rings. The molecule has 4 heteroatoms. The minimum Gasteiger partial charge on any atom is -0.332 e. The largest absolute Gasteiger partial charge is 0.332 e. The standard InChI is InChI=1S/C10H13N3O/c1-7(2)5-13-4-3-8-9(13)11-6-12-10(8)14/h3-4,6-7H,5H2,1-2H3,(H,11,12,14). The van der Waals surface area contributed by atoms with Gasteiger partial charge in [-0.25, -0.2) is 4.98 Å². The molecule has 0 aliphatic carbocycles. The fraction of sp³-hybridized carbons (Fsp3) is 0.400. The van der Waals surface area contributed by atoms with Gasteiger partial charge in [0.05, 0.1) is 11.7 Å². The summed E-state index contributed by atoms with van der Waals surface area (Å²) in [6.07, 6.45) is 3.36. The molecule has 0 aliphatic rings. The number of nitrogens with zero attached hydrogens (tertiary/aromatic N) is 2. The summed E-state index contributed by atoms with van der Waals surface area (Å²) in [5.74, 6) is 0.548. The molecule has 0 amide bonds. The minimum atomic E-state index is -0.0718. The van der Waals surface area contributed by atoms with E-state index in [1.807, 2.05) is 16.8 Å². The molecular weight excluding hydrogens is 178 g/mol. The molecular formula is C10H13N3O. The molecule has 2 rings (SSSR count). The Hall–Kier alpha value is -1.58. The topological polar surface area (TPSA) is 50.7 Å². The third-order valence-electron chi connectivity index (χ3n) is 2.12. The number of hydrogen-bond acceptors (Lipinski definition) is 2. The van der Waals surface area contributed by atoms with Crippen molar-refractivity contribution in [3.63, 3.8) is 0 Å². The van der Waals surface area contributed by atoms with E-state index in [1.54, 1.807) is 0 Å². The molecule has 2 heterocycles. The van der Waals surface area contributed by atoms with Gasteiger partial charge in [-0.1, -0.05) is 13.8 Å². The molecule has 0 unspecified atom stereocenters. The van der Waals surface area contributed by atoms with Gasteiger partial charge < -0.3 is 9.55 Å². The predicted molar refractivity (Wildman–Crippen MR) is 55.2 cm³/mol. The van der Waals surface area contributed by atoms with Crippen molar-refractivity contribution >= 4 is 11.0 Å². The lowest BCUT2D eigenvalue weighted by atomic mass is 10.2. The second-order valence-corrected chi connectivity index (χ2v) is 3.83. The summed E-state index contributed by atoms with van der Waals surface area (Å²) in [4.78, 5) is 18.1. The Morgan fingerprint density at radius 1 is 1.57 bits per heavy atom. The van der Waals surface area contributed by atoms with Crippen molar-refractivity contribution in [2.75, 3.05) is 0 Å². The van der Waals surface area contributed by atoms with E-state index in [-0.39, 0.29) is 5.56 Å². The van der Waals surface area contributed by atoms with E-state index in [1.165, 1.54) is 6.33 Å². The van der Waals surface area contributed by atoms with E-state index in [9.17, 15) is 4.79 Å². The monoisotopic (exact) mass is 191 g/mol. The van der Waals surface area contributed by atoms with Crippen LogP contribution in [0.1, 0.15) is 13.8 Å². The Morgan fingerprint density at radius 3 is 3.07 bits per heavy atom. The van der Waals surface area contributed by atoms with E-state index in [4.69, 9.17) is 0 Å². The molecule has 2 aromatic heterocycles. The average molecular weight is 191 g/mol.